The third-order valence-electron chi connectivity index (χ3n) is 4.33. The Morgan fingerprint density at radius 3 is 2.56 bits per heavy atom. The van der Waals surface area contributed by atoms with Crippen molar-refractivity contribution in [2.24, 2.45) is 4.99 Å². The molecule has 0 aliphatic rings. The Balaban J connectivity index is 0.00000364. The summed E-state index contributed by atoms with van der Waals surface area (Å²) in [5.74, 6) is 2.09. The number of hydrogen-bond donors (Lipinski definition) is 2. The van der Waals surface area contributed by atoms with E-state index in [0.717, 1.165) is 0 Å². The van der Waals surface area contributed by atoms with Crippen LogP contribution >= 0.6 is 24.0 Å². The minimum absolute atomic E-state index is 0. The first-order valence-corrected chi connectivity index (χ1v) is 9.01. The van der Waals surface area contributed by atoms with E-state index in [2.05, 4.69) is 63.9 Å². The molecule has 8 heteroatoms. The van der Waals surface area contributed by atoms with E-state index in [0.29, 0.717) is 36.7 Å². The number of aromatic nitrogens is 2. The molecule has 3 atom stereocenters. The van der Waals surface area contributed by atoms with Crippen molar-refractivity contribution in [3.8, 4) is 0 Å². The molecule has 2 rings (SSSR count). The Kier molecular flexibility index (Phi) is 10.3. The molecule has 1 aromatic carbocycles. The summed E-state index contributed by atoms with van der Waals surface area (Å²) in [6.45, 7) is 9.18. The normalized spacial score (nSPS) is 14.8. The van der Waals surface area contributed by atoms with Gasteiger partial charge in [0.25, 0.3) is 0 Å². The molecule has 0 fully saturated rings. The van der Waals surface area contributed by atoms with Crippen LogP contribution in [0, 0.1) is 0 Å². The number of ether oxygens (including phenoxy) is 1. The zero-order valence-electron chi connectivity index (χ0n) is 16.6. The Morgan fingerprint density at radius 2 is 1.93 bits per heavy atom. The van der Waals surface area contributed by atoms with E-state index in [1.165, 1.54) is 5.56 Å². The van der Waals surface area contributed by atoms with Gasteiger partial charge in [0.15, 0.2) is 11.8 Å². The summed E-state index contributed by atoms with van der Waals surface area (Å²) in [7, 11) is 1.74. The van der Waals surface area contributed by atoms with Gasteiger partial charge in [0.05, 0.1) is 6.54 Å². The summed E-state index contributed by atoms with van der Waals surface area (Å²) >= 11 is 0. The Labute approximate surface area is 178 Å². The lowest BCUT2D eigenvalue weighted by atomic mass is 9.94. The quantitative estimate of drug-likeness (QED) is 0.336. The standard InChI is InChI=1S/C19H29N5O2.HI/c1-6-25-15(4)18-23-17(26-24-18)12-21-19(20-5)22-14(3)13(2)16-10-8-7-9-11-16;/h7-11,13-15H,6,12H2,1-5H3,(H2,20,21,22);1H. The van der Waals surface area contributed by atoms with Crippen molar-refractivity contribution in [2.45, 2.75) is 52.3 Å². The fraction of sp³-hybridized carbons (Fsp3) is 0.526. The molecule has 0 saturated heterocycles. The molecule has 0 radical (unpaired) electrons. The molecule has 2 aromatic rings. The highest BCUT2D eigenvalue weighted by Gasteiger charge is 2.17. The fourth-order valence-corrected chi connectivity index (χ4v) is 2.57. The number of halogens is 1. The highest BCUT2D eigenvalue weighted by atomic mass is 127. The van der Waals surface area contributed by atoms with Crippen molar-refractivity contribution in [3.63, 3.8) is 0 Å². The van der Waals surface area contributed by atoms with Crippen LogP contribution in [0.4, 0.5) is 0 Å². The molecule has 3 unspecified atom stereocenters. The van der Waals surface area contributed by atoms with E-state index in [1.807, 2.05) is 19.9 Å². The summed E-state index contributed by atoms with van der Waals surface area (Å²) in [5.41, 5.74) is 1.29. The fourth-order valence-electron chi connectivity index (χ4n) is 2.57. The third kappa shape index (κ3) is 7.10. The van der Waals surface area contributed by atoms with E-state index < -0.39 is 0 Å². The van der Waals surface area contributed by atoms with E-state index in [1.54, 1.807) is 7.05 Å². The molecular weight excluding hydrogens is 457 g/mol. The summed E-state index contributed by atoms with van der Waals surface area (Å²) in [4.78, 5) is 8.62. The second kappa shape index (κ2) is 11.9. The molecule has 0 spiro atoms. The van der Waals surface area contributed by atoms with Crippen LogP contribution in [0.3, 0.4) is 0 Å². The lowest BCUT2D eigenvalue weighted by Gasteiger charge is -2.23. The lowest BCUT2D eigenvalue weighted by Crippen LogP contribution is -2.43. The molecule has 7 nitrogen and oxygen atoms in total. The monoisotopic (exact) mass is 487 g/mol. The number of aliphatic imine (C=N–C) groups is 1. The number of guanidine groups is 1. The number of benzene rings is 1. The highest BCUT2D eigenvalue weighted by molar-refractivity contribution is 14.0. The maximum atomic E-state index is 5.47. The van der Waals surface area contributed by atoms with Gasteiger partial charge < -0.3 is 19.9 Å². The van der Waals surface area contributed by atoms with Crippen LogP contribution < -0.4 is 10.6 Å². The molecule has 0 amide bonds. The van der Waals surface area contributed by atoms with Crippen molar-refractivity contribution in [1.82, 2.24) is 20.8 Å². The third-order valence-corrected chi connectivity index (χ3v) is 4.33. The summed E-state index contributed by atoms with van der Waals surface area (Å²) in [6, 6.07) is 10.6. The topological polar surface area (TPSA) is 84.6 Å². The van der Waals surface area contributed by atoms with E-state index in [-0.39, 0.29) is 36.1 Å². The van der Waals surface area contributed by atoms with Gasteiger partial charge in [-0.3, -0.25) is 4.99 Å². The maximum absolute atomic E-state index is 5.47. The van der Waals surface area contributed by atoms with E-state index in [9.17, 15) is 0 Å². The minimum Gasteiger partial charge on any atom is -0.371 e. The van der Waals surface area contributed by atoms with E-state index >= 15 is 0 Å². The van der Waals surface area contributed by atoms with Gasteiger partial charge in [-0.1, -0.05) is 42.4 Å². The van der Waals surface area contributed by atoms with Gasteiger partial charge in [0.1, 0.15) is 6.10 Å². The second-order valence-electron chi connectivity index (χ2n) is 6.20. The molecular formula is C19H30IN5O2. The first-order valence-electron chi connectivity index (χ1n) is 9.01. The number of hydrogen-bond acceptors (Lipinski definition) is 5. The van der Waals surface area contributed by atoms with Crippen molar-refractivity contribution in [1.29, 1.82) is 0 Å². The molecule has 0 aliphatic heterocycles. The van der Waals surface area contributed by atoms with Gasteiger partial charge in [-0.05, 0) is 26.3 Å². The Hall–Kier alpha value is -1.68. The molecule has 150 valence electrons. The smallest absolute Gasteiger partial charge is 0.246 e. The van der Waals surface area contributed by atoms with Gasteiger partial charge in [0, 0.05) is 25.6 Å². The van der Waals surface area contributed by atoms with Crippen molar-refractivity contribution in [3.05, 3.63) is 47.6 Å². The molecule has 0 saturated carbocycles. The Morgan fingerprint density at radius 1 is 1.22 bits per heavy atom. The van der Waals surface area contributed by atoms with Crippen molar-refractivity contribution in [2.75, 3.05) is 13.7 Å². The molecule has 0 aliphatic carbocycles. The van der Waals surface area contributed by atoms with Gasteiger partial charge >= 0.3 is 0 Å². The molecule has 27 heavy (non-hydrogen) atoms. The zero-order chi connectivity index (χ0) is 18.9. The number of rotatable bonds is 8. The van der Waals surface area contributed by atoms with Gasteiger partial charge in [-0.2, -0.15) is 4.98 Å². The van der Waals surface area contributed by atoms with Crippen LogP contribution in [-0.4, -0.2) is 35.8 Å². The number of nitrogens with zero attached hydrogens (tertiary/aromatic N) is 3. The first-order chi connectivity index (χ1) is 12.5. The van der Waals surface area contributed by atoms with Crippen LogP contribution in [0.25, 0.3) is 0 Å². The van der Waals surface area contributed by atoms with Crippen LogP contribution in [0.1, 0.15) is 57.0 Å². The summed E-state index contributed by atoms with van der Waals surface area (Å²) in [6.07, 6.45) is -0.179. The SMILES string of the molecule is CCOC(C)c1noc(CNC(=NC)NC(C)C(C)c2ccccc2)n1.I. The lowest BCUT2D eigenvalue weighted by molar-refractivity contribution is 0.0683. The number of nitrogens with one attached hydrogen (secondary N) is 2. The minimum atomic E-state index is -0.179. The summed E-state index contributed by atoms with van der Waals surface area (Å²) < 4.78 is 10.7. The predicted octanol–water partition coefficient (Wildman–Crippen LogP) is 3.64. The van der Waals surface area contributed by atoms with Crippen LogP contribution in [-0.2, 0) is 11.3 Å². The van der Waals surface area contributed by atoms with Crippen molar-refractivity contribution >= 4 is 29.9 Å². The molecule has 1 aromatic heterocycles. The van der Waals surface area contributed by atoms with Crippen LogP contribution in [0.2, 0.25) is 0 Å². The van der Waals surface area contributed by atoms with E-state index in [4.69, 9.17) is 9.26 Å². The van der Waals surface area contributed by atoms with Crippen LogP contribution in [0.5, 0.6) is 0 Å². The predicted molar refractivity (Wildman–Crippen MR) is 117 cm³/mol. The zero-order valence-corrected chi connectivity index (χ0v) is 18.9. The average molecular weight is 487 g/mol. The highest BCUT2D eigenvalue weighted by Crippen LogP contribution is 2.18. The molecule has 1 heterocycles. The van der Waals surface area contributed by atoms with Gasteiger partial charge in [-0.15, -0.1) is 24.0 Å². The second-order valence-corrected chi connectivity index (χ2v) is 6.20. The molecule has 2 N–H and O–H groups in total. The van der Waals surface area contributed by atoms with Crippen LogP contribution in [0.15, 0.2) is 39.8 Å². The van der Waals surface area contributed by atoms with Crippen molar-refractivity contribution < 1.29 is 9.26 Å². The maximum Gasteiger partial charge on any atom is 0.246 e. The molecule has 0 bridgehead atoms. The average Bonchev–Trinajstić information content (AvgIpc) is 3.14. The summed E-state index contributed by atoms with van der Waals surface area (Å²) in [5, 5.41) is 10.6. The largest absolute Gasteiger partial charge is 0.371 e. The van der Waals surface area contributed by atoms with Gasteiger partial charge in [-0.25, -0.2) is 0 Å². The van der Waals surface area contributed by atoms with Gasteiger partial charge in [0.2, 0.25) is 5.89 Å². The Bertz CT molecular complexity index is 692. The first kappa shape index (κ1) is 23.4.